The van der Waals surface area contributed by atoms with E-state index in [4.69, 9.17) is 0 Å². The van der Waals surface area contributed by atoms with E-state index in [2.05, 4.69) is 77.2 Å². The minimum absolute atomic E-state index is 0.521. The van der Waals surface area contributed by atoms with Gasteiger partial charge in [0.1, 0.15) is 0 Å². The fourth-order valence-electron chi connectivity index (χ4n) is 2.62. The molecule has 1 unspecified atom stereocenters. The van der Waals surface area contributed by atoms with Gasteiger partial charge in [0.25, 0.3) is 0 Å². The van der Waals surface area contributed by atoms with E-state index in [1.54, 1.807) is 0 Å². The van der Waals surface area contributed by atoms with Gasteiger partial charge in [-0.2, -0.15) is 0 Å². The van der Waals surface area contributed by atoms with Crippen LogP contribution in [-0.4, -0.2) is 44.2 Å². The number of hydrogen-bond donors (Lipinski definition) is 1. The van der Waals surface area contributed by atoms with Gasteiger partial charge in [-0.25, -0.2) is 0 Å². The molecule has 1 saturated heterocycles. The Labute approximate surface area is 131 Å². The van der Waals surface area contributed by atoms with Crippen LogP contribution in [0.1, 0.15) is 25.8 Å². The fourth-order valence-corrected chi connectivity index (χ4v) is 3.30. The van der Waals surface area contributed by atoms with Crippen LogP contribution in [0.25, 0.3) is 0 Å². The Kier molecular flexibility index (Phi) is 5.47. The lowest BCUT2D eigenvalue weighted by Gasteiger charge is -2.23. The first-order valence-electron chi connectivity index (χ1n) is 7.40. The van der Waals surface area contributed by atoms with Crippen LogP contribution < -0.4 is 10.2 Å². The van der Waals surface area contributed by atoms with Gasteiger partial charge < -0.3 is 15.1 Å². The van der Waals surface area contributed by atoms with E-state index in [0.717, 1.165) is 19.6 Å². The average molecular weight is 340 g/mol. The molecule has 1 N–H and O–H groups in total. The van der Waals surface area contributed by atoms with Crippen molar-refractivity contribution in [2.75, 3.05) is 32.1 Å². The van der Waals surface area contributed by atoms with E-state index in [0.29, 0.717) is 12.1 Å². The lowest BCUT2D eigenvalue weighted by Crippen LogP contribution is -2.31. The van der Waals surface area contributed by atoms with Crippen LogP contribution in [0, 0.1) is 0 Å². The van der Waals surface area contributed by atoms with Crippen LogP contribution in [0.4, 0.5) is 5.69 Å². The maximum Gasteiger partial charge on any atom is 0.0511 e. The second-order valence-corrected chi connectivity index (χ2v) is 7.03. The molecule has 1 aliphatic rings. The van der Waals surface area contributed by atoms with Crippen LogP contribution in [-0.2, 0) is 6.54 Å². The number of anilines is 1. The van der Waals surface area contributed by atoms with Crippen LogP contribution in [0.3, 0.4) is 0 Å². The fraction of sp³-hybridized carbons (Fsp3) is 0.625. The lowest BCUT2D eigenvalue weighted by atomic mass is 10.2. The van der Waals surface area contributed by atoms with E-state index in [9.17, 15) is 0 Å². The number of nitrogens with zero attached hydrogens (tertiary/aromatic N) is 2. The first-order chi connectivity index (χ1) is 9.47. The summed E-state index contributed by atoms with van der Waals surface area (Å²) in [6.45, 7) is 7.54. The van der Waals surface area contributed by atoms with Crippen molar-refractivity contribution < 1.29 is 0 Å². The summed E-state index contributed by atoms with van der Waals surface area (Å²) in [5.41, 5.74) is 2.65. The first-order valence-corrected chi connectivity index (χ1v) is 8.20. The molecular weight excluding hydrogens is 314 g/mol. The Balaban J connectivity index is 2.03. The number of hydrogen-bond acceptors (Lipinski definition) is 3. The minimum atomic E-state index is 0.521. The molecule has 0 saturated carbocycles. The van der Waals surface area contributed by atoms with Crippen LogP contribution in [0.5, 0.6) is 0 Å². The maximum atomic E-state index is 3.74. The zero-order valence-corrected chi connectivity index (χ0v) is 14.6. The second kappa shape index (κ2) is 6.92. The van der Waals surface area contributed by atoms with Gasteiger partial charge in [-0.1, -0.05) is 19.9 Å². The van der Waals surface area contributed by atoms with Crippen LogP contribution >= 0.6 is 15.9 Å². The number of rotatable bonds is 5. The monoisotopic (exact) mass is 339 g/mol. The molecule has 1 aromatic rings. The van der Waals surface area contributed by atoms with E-state index >= 15 is 0 Å². The molecule has 2 rings (SSSR count). The number of nitrogens with one attached hydrogen (secondary N) is 1. The molecule has 4 heteroatoms. The van der Waals surface area contributed by atoms with Crippen molar-refractivity contribution in [3.8, 4) is 0 Å². The van der Waals surface area contributed by atoms with Crippen molar-refractivity contribution >= 4 is 21.6 Å². The molecular formula is C16H26BrN3. The zero-order chi connectivity index (χ0) is 14.7. The quantitative estimate of drug-likeness (QED) is 0.889. The minimum Gasteiger partial charge on any atom is -0.369 e. The van der Waals surface area contributed by atoms with Crippen molar-refractivity contribution in [2.24, 2.45) is 0 Å². The normalized spacial score (nSPS) is 19.4. The van der Waals surface area contributed by atoms with Gasteiger partial charge in [-0.15, -0.1) is 0 Å². The Morgan fingerprint density at radius 3 is 2.70 bits per heavy atom. The Morgan fingerprint density at radius 2 is 2.15 bits per heavy atom. The Morgan fingerprint density at radius 1 is 1.40 bits per heavy atom. The molecule has 0 amide bonds. The van der Waals surface area contributed by atoms with Crippen molar-refractivity contribution in [2.45, 2.75) is 38.9 Å². The Hall–Kier alpha value is -0.580. The van der Waals surface area contributed by atoms with Gasteiger partial charge in [0, 0.05) is 36.2 Å². The van der Waals surface area contributed by atoms with Gasteiger partial charge in [0.15, 0.2) is 0 Å². The molecule has 1 heterocycles. The Bertz CT molecular complexity index is 445. The summed E-state index contributed by atoms with van der Waals surface area (Å²) in [5.74, 6) is 0. The molecule has 0 aromatic heterocycles. The van der Waals surface area contributed by atoms with Crippen molar-refractivity contribution in [1.29, 1.82) is 0 Å². The third kappa shape index (κ3) is 3.96. The van der Waals surface area contributed by atoms with Crippen LogP contribution in [0.2, 0.25) is 0 Å². The highest BCUT2D eigenvalue weighted by atomic mass is 79.9. The number of likely N-dealkylation sites (N-methyl/N-ethyl adjacent to an activating group) is 1. The van der Waals surface area contributed by atoms with Gasteiger partial charge in [-0.05, 0) is 54.1 Å². The maximum absolute atomic E-state index is 3.74. The summed E-state index contributed by atoms with van der Waals surface area (Å²) in [6.07, 6.45) is 1.25. The van der Waals surface area contributed by atoms with Gasteiger partial charge in [0.05, 0.1) is 5.69 Å². The smallest absolute Gasteiger partial charge is 0.0511 e. The lowest BCUT2D eigenvalue weighted by molar-refractivity contribution is 0.315. The molecule has 0 aliphatic carbocycles. The summed E-state index contributed by atoms with van der Waals surface area (Å²) in [5, 5.41) is 3.46. The summed E-state index contributed by atoms with van der Waals surface area (Å²) < 4.78 is 1.21. The highest BCUT2D eigenvalue weighted by molar-refractivity contribution is 9.10. The summed E-state index contributed by atoms with van der Waals surface area (Å²) in [4.78, 5) is 4.81. The van der Waals surface area contributed by atoms with E-state index in [1.165, 1.54) is 22.1 Å². The number of benzene rings is 1. The number of halogens is 1. The third-order valence-corrected chi connectivity index (χ3v) is 4.60. The van der Waals surface area contributed by atoms with E-state index in [1.807, 2.05) is 0 Å². The molecule has 1 aromatic carbocycles. The van der Waals surface area contributed by atoms with Gasteiger partial charge in [-0.3, -0.25) is 0 Å². The largest absolute Gasteiger partial charge is 0.369 e. The van der Waals surface area contributed by atoms with E-state index < -0.39 is 0 Å². The molecule has 0 bridgehead atoms. The van der Waals surface area contributed by atoms with Crippen LogP contribution in [0.15, 0.2) is 22.7 Å². The highest BCUT2D eigenvalue weighted by Crippen LogP contribution is 2.30. The molecule has 1 atom stereocenters. The SMILES string of the molecule is CC(C)NCc1ccc(N2CCC(N(C)C)C2)c(Br)c1. The highest BCUT2D eigenvalue weighted by Gasteiger charge is 2.25. The predicted molar refractivity (Wildman–Crippen MR) is 90.4 cm³/mol. The molecule has 0 spiro atoms. The zero-order valence-electron chi connectivity index (χ0n) is 13.0. The topological polar surface area (TPSA) is 18.5 Å². The predicted octanol–water partition coefficient (Wildman–Crippen LogP) is 3.09. The molecule has 0 radical (unpaired) electrons. The van der Waals surface area contributed by atoms with Crippen molar-refractivity contribution in [1.82, 2.24) is 10.2 Å². The molecule has 20 heavy (non-hydrogen) atoms. The summed E-state index contributed by atoms with van der Waals surface area (Å²) in [6, 6.07) is 7.92. The van der Waals surface area contributed by atoms with Crippen molar-refractivity contribution in [3.63, 3.8) is 0 Å². The molecule has 112 valence electrons. The summed E-state index contributed by atoms with van der Waals surface area (Å²) in [7, 11) is 4.34. The van der Waals surface area contributed by atoms with Crippen molar-refractivity contribution in [3.05, 3.63) is 28.2 Å². The standard InChI is InChI=1S/C16H26BrN3/c1-12(2)18-10-13-5-6-16(15(17)9-13)20-8-7-14(11-20)19(3)4/h5-6,9,12,14,18H,7-8,10-11H2,1-4H3. The average Bonchev–Trinajstić information content (AvgIpc) is 2.86. The first kappa shape index (κ1) is 15.8. The van der Waals surface area contributed by atoms with E-state index in [-0.39, 0.29) is 0 Å². The van der Waals surface area contributed by atoms with Gasteiger partial charge in [0.2, 0.25) is 0 Å². The second-order valence-electron chi connectivity index (χ2n) is 6.17. The van der Waals surface area contributed by atoms with Gasteiger partial charge >= 0.3 is 0 Å². The molecule has 3 nitrogen and oxygen atoms in total. The molecule has 1 aliphatic heterocycles. The summed E-state index contributed by atoms with van der Waals surface area (Å²) >= 11 is 3.74. The molecule has 1 fully saturated rings. The third-order valence-electron chi connectivity index (χ3n) is 3.96.